The van der Waals surface area contributed by atoms with Crippen LogP contribution in [0.25, 0.3) is 0 Å². The zero-order chi connectivity index (χ0) is 12.1. The van der Waals surface area contributed by atoms with Gasteiger partial charge in [-0.2, -0.15) is 4.98 Å². The highest BCUT2D eigenvalue weighted by Crippen LogP contribution is 2.18. The Bertz CT molecular complexity index is 340. The third-order valence-electron chi connectivity index (χ3n) is 3.37. The third-order valence-corrected chi connectivity index (χ3v) is 3.37. The monoisotopic (exact) mass is 239 g/mol. The molecule has 0 amide bonds. The van der Waals surface area contributed by atoms with Crippen LogP contribution < -0.4 is 0 Å². The minimum Gasteiger partial charge on any atom is -0.395 e. The fourth-order valence-electron chi connectivity index (χ4n) is 2.32. The van der Waals surface area contributed by atoms with Gasteiger partial charge in [-0.3, -0.25) is 4.90 Å². The fourth-order valence-corrected chi connectivity index (χ4v) is 2.32. The average molecular weight is 239 g/mol. The first-order valence-corrected chi connectivity index (χ1v) is 6.50. The molecule has 1 saturated heterocycles. The molecule has 0 bridgehead atoms. The van der Waals surface area contributed by atoms with Crippen molar-refractivity contribution in [1.82, 2.24) is 15.0 Å². The van der Waals surface area contributed by atoms with E-state index in [9.17, 15) is 5.11 Å². The number of aryl methyl sites for hydroxylation is 1. The number of hydrogen-bond acceptors (Lipinski definition) is 5. The second-order valence-electron chi connectivity index (χ2n) is 4.61. The van der Waals surface area contributed by atoms with Gasteiger partial charge in [-0.1, -0.05) is 24.9 Å². The summed E-state index contributed by atoms with van der Waals surface area (Å²) in [4.78, 5) is 6.58. The van der Waals surface area contributed by atoms with Gasteiger partial charge in [0.2, 0.25) is 5.89 Å². The molecule has 1 unspecified atom stereocenters. The van der Waals surface area contributed by atoms with Crippen molar-refractivity contribution in [3.8, 4) is 0 Å². The smallest absolute Gasteiger partial charge is 0.240 e. The van der Waals surface area contributed by atoms with Crippen LogP contribution in [0, 0.1) is 0 Å². The van der Waals surface area contributed by atoms with E-state index in [0.29, 0.717) is 12.4 Å². The van der Waals surface area contributed by atoms with Gasteiger partial charge in [-0.15, -0.1) is 0 Å². The van der Waals surface area contributed by atoms with Crippen LogP contribution in [-0.4, -0.2) is 39.3 Å². The summed E-state index contributed by atoms with van der Waals surface area (Å²) in [7, 11) is 0. The number of likely N-dealkylation sites (tertiary alicyclic amines) is 1. The highest BCUT2D eigenvalue weighted by Gasteiger charge is 2.22. The van der Waals surface area contributed by atoms with Crippen LogP contribution in [-0.2, 0) is 13.0 Å². The largest absolute Gasteiger partial charge is 0.395 e. The predicted molar refractivity (Wildman–Crippen MR) is 63.4 cm³/mol. The van der Waals surface area contributed by atoms with E-state index in [1.54, 1.807) is 0 Å². The van der Waals surface area contributed by atoms with E-state index in [1.807, 2.05) is 6.92 Å². The molecule has 0 saturated carbocycles. The van der Waals surface area contributed by atoms with E-state index in [1.165, 1.54) is 19.3 Å². The van der Waals surface area contributed by atoms with Gasteiger partial charge in [-0.05, 0) is 19.4 Å². The van der Waals surface area contributed by atoms with Crippen LogP contribution in [0.15, 0.2) is 4.52 Å². The molecule has 0 aliphatic carbocycles. The topological polar surface area (TPSA) is 62.4 Å². The van der Waals surface area contributed by atoms with E-state index >= 15 is 0 Å². The minimum absolute atomic E-state index is 0.217. The molecular weight excluding hydrogens is 218 g/mol. The molecule has 0 spiro atoms. The molecule has 96 valence electrons. The van der Waals surface area contributed by atoms with Crippen LogP contribution in [0.5, 0.6) is 0 Å². The molecule has 2 rings (SSSR count). The molecule has 1 atom stereocenters. The Kier molecular flexibility index (Phi) is 4.50. The lowest BCUT2D eigenvalue weighted by atomic mass is 10.1. The second-order valence-corrected chi connectivity index (χ2v) is 4.61. The molecular formula is C12H21N3O2. The molecule has 5 nitrogen and oxygen atoms in total. The number of nitrogens with zero attached hydrogens (tertiary/aromatic N) is 3. The second kappa shape index (κ2) is 6.12. The zero-order valence-corrected chi connectivity index (χ0v) is 10.4. The number of rotatable bonds is 4. The number of aliphatic hydroxyl groups is 1. The van der Waals surface area contributed by atoms with Crippen molar-refractivity contribution in [3.05, 3.63) is 11.7 Å². The van der Waals surface area contributed by atoms with Crippen LogP contribution in [0.3, 0.4) is 0 Å². The van der Waals surface area contributed by atoms with E-state index < -0.39 is 0 Å². The van der Waals surface area contributed by atoms with Crippen molar-refractivity contribution in [2.24, 2.45) is 0 Å². The van der Waals surface area contributed by atoms with Crippen LogP contribution in [0.4, 0.5) is 0 Å². The molecule has 1 aromatic rings. The Morgan fingerprint density at radius 1 is 1.41 bits per heavy atom. The third kappa shape index (κ3) is 3.26. The van der Waals surface area contributed by atoms with Crippen molar-refractivity contribution in [2.45, 2.75) is 51.6 Å². The van der Waals surface area contributed by atoms with Crippen LogP contribution in [0.2, 0.25) is 0 Å². The SMILES string of the molecule is CCc1noc(CN2CCCCCC2CO)n1. The molecule has 5 heteroatoms. The lowest BCUT2D eigenvalue weighted by Crippen LogP contribution is -2.37. The van der Waals surface area contributed by atoms with Gasteiger partial charge in [0, 0.05) is 12.5 Å². The van der Waals surface area contributed by atoms with Gasteiger partial charge >= 0.3 is 0 Å². The minimum atomic E-state index is 0.217. The van der Waals surface area contributed by atoms with Gasteiger partial charge in [0.15, 0.2) is 5.82 Å². The standard InChI is InChI=1S/C12H21N3O2/c1-2-11-13-12(17-14-11)8-15-7-5-3-4-6-10(15)9-16/h10,16H,2-9H2,1H3. The summed E-state index contributed by atoms with van der Waals surface area (Å²) in [5.41, 5.74) is 0. The number of aliphatic hydroxyl groups excluding tert-OH is 1. The van der Waals surface area contributed by atoms with Gasteiger partial charge in [0.25, 0.3) is 0 Å². The molecule has 2 heterocycles. The van der Waals surface area contributed by atoms with E-state index in [-0.39, 0.29) is 12.6 Å². The van der Waals surface area contributed by atoms with Gasteiger partial charge in [0.1, 0.15) is 0 Å². The Morgan fingerprint density at radius 2 is 2.29 bits per heavy atom. The van der Waals surface area contributed by atoms with Crippen molar-refractivity contribution in [1.29, 1.82) is 0 Å². The summed E-state index contributed by atoms with van der Waals surface area (Å²) in [6.45, 7) is 3.90. The summed E-state index contributed by atoms with van der Waals surface area (Å²) in [5, 5.41) is 13.3. The van der Waals surface area contributed by atoms with Crippen molar-refractivity contribution >= 4 is 0 Å². The summed E-state index contributed by atoms with van der Waals surface area (Å²) >= 11 is 0. The molecule has 1 fully saturated rings. The van der Waals surface area contributed by atoms with Crippen molar-refractivity contribution in [3.63, 3.8) is 0 Å². The van der Waals surface area contributed by atoms with Crippen molar-refractivity contribution in [2.75, 3.05) is 13.2 Å². The van der Waals surface area contributed by atoms with E-state index in [2.05, 4.69) is 15.0 Å². The maximum atomic E-state index is 9.41. The quantitative estimate of drug-likeness (QED) is 0.859. The summed E-state index contributed by atoms with van der Waals surface area (Å²) < 4.78 is 5.21. The normalized spacial score (nSPS) is 22.6. The first kappa shape index (κ1) is 12.5. The zero-order valence-electron chi connectivity index (χ0n) is 10.4. The predicted octanol–water partition coefficient (Wildman–Crippen LogP) is 1.37. The van der Waals surface area contributed by atoms with E-state index in [4.69, 9.17) is 4.52 Å². The molecule has 1 aromatic heterocycles. The van der Waals surface area contributed by atoms with E-state index in [0.717, 1.165) is 25.2 Å². The van der Waals surface area contributed by atoms with Gasteiger partial charge in [-0.25, -0.2) is 0 Å². The molecule has 0 aromatic carbocycles. The molecule has 0 radical (unpaired) electrons. The Labute approximate surface area is 102 Å². The van der Waals surface area contributed by atoms with Crippen molar-refractivity contribution < 1.29 is 9.63 Å². The van der Waals surface area contributed by atoms with Crippen LogP contribution >= 0.6 is 0 Å². The summed E-state index contributed by atoms with van der Waals surface area (Å²) in [6, 6.07) is 0.245. The lowest BCUT2D eigenvalue weighted by molar-refractivity contribution is 0.107. The molecule has 1 aliphatic heterocycles. The molecule has 1 N–H and O–H groups in total. The summed E-state index contributed by atoms with van der Waals surface area (Å²) in [6.07, 6.45) is 5.49. The van der Waals surface area contributed by atoms with Gasteiger partial charge in [0.05, 0.1) is 13.2 Å². The first-order chi connectivity index (χ1) is 8.33. The van der Waals surface area contributed by atoms with Crippen LogP contribution in [0.1, 0.15) is 44.3 Å². The maximum absolute atomic E-state index is 9.41. The Balaban J connectivity index is 1.99. The summed E-state index contributed by atoms with van der Waals surface area (Å²) in [5.74, 6) is 1.43. The molecule has 1 aliphatic rings. The highest BCUT2D eigenvalue weighted by atomic mass is 16.5. The fraction of sp³-hybridized carbons (Fsp3) is 0.833. The molecule has 17 heavy (non-hydrogen) atoms. The highest BCUT2D eigenvalue weighted by molar-refractivity contribution is 4.87. The van der Waals surface area contributed by atoms with Gasteiger partial charge < -0.3 is 9.63 Å². The lowest BCUT2D eigenvalue weighted by Gasteiger charge is -2.26. The number of hydrogen-bond donors (Lipinski definition) is 1. The average Bonchev–Trinajstić information content (AvgIpc) is 2.68. The Morgan fingerprint density at radius 3 is 3.00 bits per heavy atom. The maximum Gasteiger partial charge on any atom is 0.240 e. The number of aromatic nitrogens is 2. The first-order valence-electron chi connectivity index (χ1n) is 6.50. The Hall–Kier alpha value is -0.940.